The third-order valence-corrected chi connectivity index (χ3v) is 9.06. The first-order valence-corrected chi connectivity index (χ1v) is 16.7. The van der Waals surface area contributed by atoms with Crippen LogP contribution >= 0.6 is 0 Å². The van der Waals surface area contributed by atoms with Gasteiger partial charge in [0.15, 0.2) is 0 Å². The molecule has 0 bridgehead atoms. The van der Waals surface area contributed by atoms with Crippen LogP contribution < -0.4 is 21.7 Å². The molecular formula is C34H52N6O7. The van der Waals surface area contributed by atoms with E-state index >= 15 is 0 Å². The van der Waals surface area contributed by atoms with Crippen LogP contribution in [0.1, 0.15) is 72.8 Å². The fourth-order valence-corrected chi connectivity index (χ4v) is 6.12. The van der Waals surface area contributed by atoms with Gasteiger partial charge in [-0.15, -0.1) is 0 Å². The van der Waals surface area contributed by atoms with E-state index in [-0.39, 0.29) is 30.1 Å². The highest BCUT2D eigenvalue weighted by Gasteiger charge is 2.44. The molecule has 6 N–H and O–H groups in total. The molecule has 0 radical (unpaired) electrons. The van der Waals surface area contributed by atoms with Crippen LogP contribution in [0.3, 0.4) is 0 Å². The van der Waals surface area contributed by atoms with E-state index in [9.17, 15) is 33.9 Å². The van der Waals surface area contributed by atoms with Crippen molar-refractivity contribution in [3.63, 3.8) is 0 Å². The molecule has 0 aliphatic carbocycles. The van der Waals surface area contributed by atoms with Gasteiger partial charge in [0.05, 0.1) is 6.04 Å². The molecule has 0 spiro atoms. The molecule has 5 amide bonds. The van der Waals surface area contributed by atoms with Crippen LogP contribution in [0.5, 0.6) is 0 Å². The van der Waals surface area contributed by atoms with Gasteiger partial charge in [-0.2, -0.15) is 0 Å². The van der Waals surface area contributed by atoms with Gasteiger partial charge in [-0.3, -0.25) is 24.0 Å². The van der Waals surface area contributed by atoms with E-state index in [1.165, 1.54) is 9.80 Å². The monoisotopic (exact) mass is 656 g/mol. The summed E-state index contributed by atoms with van der Waals surface area (Å²) < 4.78 is 0. The zero-order valence-electron chi connectivity index (χ0n) is 28.4. The maximum absolute atomic E-state index is 14.0. The number of carboxylic acid groups (broad SMARTS) is 1. The Hall–Kier alpha value is -4.00. The summed E-state index contributed by atoms with van der Waals surface area (Å²) in [5.41, 5.74) is 6.75. The van der Waals surface area contributed by atoms with Crippen LogP contribution in [0.2, 0.25) is 0 Å². The van der Waals surface area contributed by atoms with Crippen molar-refractivity contribution < 1.29 is 33.9 Å². The Bertz CT molecular complexity index is 1290. The van der Waals surface area contributed by atoms with Gasteiger partial charge in [-0.25, -0.2) is 4.79 Å². The predicted molar refractivity (Wildman–Crippen MR) is 176 cm³/mol. The summed E-state index contributed by atoms with van der Waals surface area (Å²) in [4.78, 5) is 82.3. The molecule has 2 aliphatic rings. The predicted octanol–water partition coefficient (Wildman–Crippen LogP) is 1.05. The second-order valence-corrected chi connectivity index (χ2v) is 13.7. The lowest BCUT2D eigenvalue weighted by Gasteiger charge is -2.34. The summed E-state index contributed by atoms with van der Waals surface area (Å²) in [6, 6.07) is 3.47. The molecule has 3 rings (SSSR count). The number of amides is 5. The van der Waals surface area contributed by atoms with Crippen LogP contribution in [-0.2, 0) is 35.2 Å². The molecule has 2 fully saturated rings. The van der Waals surface area contributed by atoms with Crippen LogP contribution in [0.15, 0.2) is 30.3 Å². The first-order valence-electron chi connectivity index (χ1n) is 16.7. The minimum Gasteiger partial charge on any atom is -0.480 e. The highest BCUT2D eigenvalue weighted by molar-refractivity contribution is 5.97. The molecule has 0 aromatic heterocycles. The molecule has 2 aliphatic heterocycles. The van der Waals surface area contributed by atoms with Gasteiger partial charge < -0.3 is 36.6 Å². The Morgan fingerprint density at radius 2 is 1.32 bits per heavy atom. The molecule has 260 valence electrons. The average molecular weight is 657 g/mol. The van der Waals surface area contributed by atoms with E-state index in [1.54, 1.807) is 52.0 Å². The van der Waals surface area contributed by atoms with Gasteiger partial charge >= 0.3 is 5.97 Å². The van der Waals surface area contributed by atoms with Gasteiger partial charge in [-0.05, 0) is 49.0 Å². The summed E-state index contributed by atoms with van der Waals surface area (Å²) in [7, 11) is 0. The van der Waals surface area contributed by atoms with E-state index < -0.39 is 65.8 Å². The van der Waals surface area contributed by atoms with E-state index in [4.69, 9.17) is 5.73 Å². The number of hydrogen-bond donors (Lipinski definition) is 5. The Kier molecular flexibility index (Phi) is 13.3. The number of carboxylic acids is 1. The minimum atomic E-state index is -1.17. The van der Waals surface area contributed by atoms with Crippen LogP contribution in [0, 0.1) is 17.8 Å². The fraction of sp³-hybridized carbons (Fsp3) is 0.647. The summed E-state index contributed by atoms with van der Waals surface area (Å²) in [5, 5.41) is 18.0. The maximum atomic E-state index is 14.0. The van der Waals surface area contributed by atoms with Gasteiger partial charge in [0, 0.05) is 19.5 Å². The lowest BCUT2D eigenvalue weighted by molar-refractivity contribution is -0.149. The van der Waals surface area contributed by atoms with Crippen LogP contribution in [0.25, 0.3) is 0 Å². The second-order valence-electron chi connectivity index (χ2n) is 13.7. The number of nitrogens with two attached hydrogens (primary N) is 1. The summed E-state index contributed by atoms with van der Waals surface area (Å²) >= 11 is 0. The summed E-state index contributed by atoms with van der Waals surface area (Å²) in [6.07, 6.45) is 2.01. The first-order chi connectivity index (χ1) is 22.1. The third kappa shape index (κ3) is 9.52. The van der Waals surface area contributed by atoms with E-state index in [0.717, 1.165) is 5.56 Å². The molecule has 47 heavy (non-hydrogen) atoms. The average Bonchev–Trinajstić information content (AvgIpc) is 3.72. The van der Waals surface area contributed by atoms with Crippen molar-refractivity contribution in [3.05, 3.63) is 35.9 Å². The number of aliphatic carboxylic acids is 1. The second kappa shape index (κ2) is 16.7. The highest BCUT2D eigenvalue weighted by atomic mass is 16.4. The standard InChI is InChI=1S/C34H52N6O7/c1-19(2)26(35)30(42)37-27(20(3)4)31(43)38-28(21(5)6)33(45)40-17-11-15-25(40)32(44)39-16-10-14-24(39)29(41)36-23(34(46)47)18-22-12-8-7-9-13-22/h7-9,12-13,19-21,23-28H,10-11,14-18,35H2,1-6H3,(H,36,41)(H,37,42)(H,38,43)(H,46,47)/t23-,24-,25-,26-,27-,28-/m0/s1. The van der Waals surface area contributed by atoms with Crippen molar-refractivity contribution >= 4 is 35.5 Å². The van der Waals surface area contributed by atoms with Crippen LogP contribution in [-0.4, -0.2) is 99.8 Å². The van der Waals surface area contributed by atoms with Gasteiger partial charge in [0.2, 0.25) is 29.5 Å². The number of likely N-dealkylation sites (tertiary alicyclic amines) is 2. The SMILES string of the molecule is CC(C)[C@H](N)C(=O)N[C@H](C(=O)N[C@H](C(=O)N1CCC[C@H]1C(=O)N1CCC[C@H]1C(=O)N[C@@H](Cc1ccccc1)C(=O)O)C(C)C)C(C)C. The van der Waals surface area contributed by atoms with Crippen molar-refractivity contribution in [2.75, 3.05) is 13.1 Å². The van der Waals surface area contributed by atoms with Crippen molar-refractivity contribution in [1.82, 2.24) is 25.8 Å². The van der Waals surface area contributed by atoms with E-state index in [2.05, 4.69) is 16.0 Å². The normalized spacial score (nSPS) is 20.6. The number of nitrogens with one attached hydrogen (secondary N) is 3. The molecule has 6 atom stereocenters. The molecular weight excluding hydrogens is 604 g/mol. The molecule has 13 heteroatoms. The fourth-order valence-electron chi connectivity index (χ4n) is 6.12. The van der Waals surface area contributed by atoms with Crippen molar-refractivity contribution in [2.24, 2.45) is 23.5 Å². The topological polar surface area (TPSA) is 191 Å². The molecule has 1 aromatic rings. The lowest BCUT2D eigenvalue weighted by atomic mass is 9.98. The third-order valence-electron chi connectivity index (χ3n) is 9.06. The number of carbonyl (C=O) groups is 6. The number of nitrogens with zero attached hydrogens (tertiary/aromatic N) is 2. The highest BCUT2D eigenvalue weighted by Crippen LogP contribution is 2.26. The number of carbonyl (C=O) groups excluding carboxylic acids is 5. The lowest BCUT2D eigenvalue weighted by Crippen LogP contribution is -2.61. The van der Waals surface area contributed by atoms with E-state index in [1.807, 2.05) is 19.9 Å². The van der Waals surface area contributed by atoms with Gasteiger partial charge in [0.25, 0.3) is 0 Å². The molecule has 2 saturated heterocycles. The molecule has 0 unspecified atom stereocenters. The van der Waals surface area contributed by atoms with Crippen molar-refractivity contribution in [2.45, 2.75) is 110 Å². The quantitative estimate of drug-likeness (QED) is 0.196. The Labute approximate surface area is 277 Å². The Morgan fingerprint density at radius 3 is 1.87 bits per heavy atom. The largest absolute Gasteiger partial charge is 0.480 e. The van der Waals surface area contributed by atoms with Gasteiger partial charge in [-0.1, -0.05) is 71.9 Å². The molecule has 0 saturated carbocycles. The van der Waals surface area contributed by atoms with E-state index in [0.29, 0.717) is 38.8 Å². The van der Waals surface area contributed by atoms with Crippen LogP contribution in [0.4, 0.5) is 0 Å². The minimum absolute atomic E-state index is 0.0989. The molecule has 2 heterocycles. The Morgan fingerprint density at radius 1 is 0.766 bits per heavy atom. The smallest absolute Gasteiger partial charge is 0.326 e. The number of benzene rings is 1. The summed E-state index contributed by atoms with van der Waals surface area (Å²) in [5.74, 6) is -4.20. The number of hydrogen-bond acceptors (Lipinski definition) is 7. The Balaban J connectivity index is 1.72. The molecule has 13 nitrogen and oxygen atoms in total. The zero-order valence-corrected chi connectivity index (χ0v) is 28.4. The number of rotatable bonds is 14. The van der Waals surface area contributed by atoms with Gasteiger partial charge in [0.1, 0.15) is 30.2 Å². The van der Waals surface area contributed by atoms with Crippen molar-refractivity contribution in [3.8, 4) is 0 Å². The summed E-state index contributed by atoms with van der Waals surface area (Å²) in [6.45, 7) is 11.4. The maximum Gasteiger partial charge on any atom is 0.326 e. The first kappa shape index (κ1) is 37.5. The van der Waals surface area contributed by atoms with Crippen molar-refractivity contribution in [1.29, 1.82) is 0 Å². The zero-order chi connectivity index (χ0) is 35.0. The molecule has 1 aromatic carbocycles.